The molecule has 0 radical (unpaired) electrons. The van der Waals surface area contributed by atoms with E-state index in [0.29, 0.717) is 0 Å². The second kappa shape index (κ2) is 7.26. The number of nitrogens with zero attached hydrogens (tertiary/aromatic N) is 2. The standard InChI is InChI=1S/C15H15N3S3/c16-8-9-19-14-17-18-15(21-14)20-10-12-6-3-5-11-4-1-2-7-13(11)12/h1-7H,8-10,16H2/p+1. The Morgan fingerprint density at radius 2 is 1.71 bits per heavy atom. The summed E-state index contributed by atoms with van der Waals surface area (Å²) < 4.78 is 2.08. The van der Waals surface area contributed by atoms with E-state index < -0.39 is 0 Å². The van der Waals surface area contributed by atoms with Crippen molar-refractivity contribution >= 4 is 45.6 Å². The SMILES string of the molecule is [NH3+]CCSc1nnc(SCc2cccc3ccccc23)s1. The van der Waals surface area contributed by atoms with Crippen LogP contribution in [0.15, 0.2) is 51.1 Å². The predicted octanol–water partition coefficient (Wildman–Crippen LogP) is 3.32. The van der Waals surface area contributed by atoms with Gasteiger partial charge >= 0.3 is 0 Å². The van der Waals surface area contributed by atoms with Gasteiger partial charge in [-0.3, -0.25) is 0 Å². The molecule has 0 fully saturated rings. The molecule has 0 spiro atoms. The molecule has 3 nitrogen and oxygen atoms in total. The quantitative estimate of drug-likeness (QED) is 0.703. The van der Waals surface area contributed by atoms with Crippen molar-refractivity contribution in [2.45, 2.75) is 14.4 Å². The van der Waals surface area contributed by atoms with Crippen LogP contribution < -0.4 is 5.73 Å². The molecule has 0 aliphatic rings. The van der Waals surface area contributed by atoms with E-state index in [0.717, 1.165) is 26.7 Å². The summed E-state index contributed by atoms with van der Waals surface area (Å²) in [5, 5.41) is 11.1. The number of hydrogen-bond acceptors (Lipinski definition) is 5. The zero-order valence-corrected chi connectivity index (χ0v) is 13.9. The highest BCUT2D eigenvalue weighted by molar-refractivity contribution is 8.02. The summed E-state index contributed by atoms with van der Waals surface area (Å²) in [5.74, 6) is 1.93. The molecule has 3 aromatic rings. The maximum atomic E-state index is 4.25. The van der Waals surface area contributed by atoms with Crippen molar-refractivity contribution < 1.29 is 5.73 Å². The zero-order chi connectivity index (χ0) is 14.5. The second-order valence-electron chi connectivity index (χ2n) is 4.46. The van der Waals surface area contributed by atoms with E-state index >= 15 is 0 Å². The lowest BCUT2D eigenvalue weighted by Crippen LogP contribution is -2.51. The van der Waals surface area contributed by atoms with Crippen LogP contribution in [0.4, 0.5) is 0 Å². The number of fused-ring (bicyclic) bond motifs is 1. The fraction of sp³-hybridized carbons (Fsp3) is 0.200. The topological polar surface area (TPSA) is 53.4 Å². The Kier molecular flexibility index (Phi) is 5.13. The van der Waals surface area contributed by atoms with Crippen molar-refractivity contribution in [1.82, 2.24) is 10.2 Å². The van der Waals surface area contributed by atoms with Gasteiger partial charge in [0.25, 0.3) is 0 Å². The highest BCUT2D eigenvalue weighted by Crippen LogP contribution is 2.32. The Bertz CT molecular complexity index is 722. The number of benzene rings is 2. The average molecular weight is 335 g/mol. The van der Waals surface area contributed by atoms with Crippen LogP contribution in [0.2, 0.25) is 0 Å². The second-order valence-corrected chi connectivity index (χ2v) is 8.00. The van der Waals surface area contributed by atoms with Crippen molar-refractivity contribution in [2.75, 3.05) is 12.3 Å². The van der Waals surface area contributed by atoms with Gasteiger partial charge in [0.05, 0.1) is 6.54 Å². The van der Waals surface area contributed by atoms with Crippen molar-refractivity contribution in [1.29, 1.82) is 0 Å². The molecule has 108 valence electrons. The van der Waals surface area contributed by atoms with E-state index in [1.807, 2.05) is 0 Å². The summed E-state index contributed by atoms with van der Waals surface area (Å²) in [6.45, 7) is 0.919. The minimum absolute atomic E-state index is 0.919. The van der Waals surface area contributed by atoms with Crippen LogP contribution in [0.25, 0.3) is 10.8 Å². The van der Waals surface area contributed by atoms with Crippen molar-refractivity contribution in [2.24, 2.45) is 0 Å². The van der Waals surface area contributed by atoms with Gasteiger partial charge in [-0.25, -0.2) is 0 Å². The Labute approximate surface area is 136 Å². The molecule has 2 aromatic carbocycles. The molecule has 0 aliphatic heterocycles. The predicted molar refractivity (Wildman–Crippen MR) is 91.9 cm³/mol. The lowest BCUT2D eigenvalue weighted by molar-refractivity contribution is -0.360. The van der Waals surface area contributed by atoms with Crippen LogP contribution in [0.3, 0.4) is 0 Å². The molecule has 0 amide bonds. The smallest absolute Gasteiger partial charge is 0.175 e. The Balaban J connectivity index is 1.70. The summed E-state index contributed by atoms with van der Waals surface area (Å²) in [4.78, 5) is 0. The largest absolute Gasteiger partial charge is 0.357 e. The highest BCUT2D eigenvalue weighted by Gasteiger charge is 2.07. The first-order valence-electron chi connectivity index (χ1n) is 6.72. The third-order valence-corrected chi connectivity index (χ3v) is 6.31. The summed E-state index contributed by atoms with van der Waals surface area (Å²) in [7, 11) is 0. The number of aromatic nitrogens is 2. The number of rotatable bonds is 6. The molecule has 6 heteroatoms. The van der Waals surface area contributed by atoms with E-state index in [1.165, 1.54) is 16.3 Å². The monoisotopic (exact) mass is 334 g/mol. The van der Waals surface area contributed by atoms with Crippen LogP contribution >= 0.6 is 34.9 Å². The van der Waals surface area contributed by atoms with Crippen LogP contribution in [0.5, 0.6) is 0 Å². The molecule has 0 bridgehead atoms. The van der Waals surface area contributed by atoms with Gasteiger partial charge in [0.1, 0.15) is 0 Å². The first-order chi connectivity index (χ1) is 10.4. The molecule has 3 N–H and O–H groups in total. The average Bonchev–Trinajstić information content (AvgIpc) is 2.99. The molecule has 0 aliphatic carbocycles. The van der Waals surface area contributed by atoms with E-state index in [9.17, 15) is 0 Å². The molecule has 21 heavy (non-hydrogen) atoms. The zero-order valence-electron chi connectivity index (χ0n) is 11.5. The van der Waals surface area contributed by atoms with Gasteiger partial charge in [-0.15, -0.1) is 10.2 Å². The minimum atomic E-state index is 0.919. The first-order valence-corrected chi connectivity index (χ1v) is 9.50. The third-order valence-electron chi connectivity index (χ3n) is 2.99. The van der Waals surface area contributed by atoms with E-state index in [4.69, 9.17) is 0 Å². The van der Waals surface area contributed by atoms with Crippen LogP contribution in [-0.4, -0.2) is 22.5 Å². The Morgan fingerprint density at radius 1 is 0.952 bits per heavy atom. The highest BCUT2D eigenvalue weighted by atomic mass is 32.2. The van der Waals surface area contributed by atoms with Gasteiger partial charge in [0.2, 0.25) is 0 Å². The Morgan fingerprint density at radius 3 is 2.57 bits per heavy atom. The molecule has 0 saturated carbocycles. The third kappa shape index (κ3) is 3.77. The number of thioether (sulfide) groups is 2. The van der Waals surface area contributed by atoms with Gasteiger partial charge < -0.3 is 5.73 Å². The van der Waals surface area contributed by atoms with Gasteiger partial charge in [-0.05, 0) is 16.3 Å². The van der Waals surface area contributed by atoms with Gasteiger partial charge in [-0.2, -0.15) is 0 Å². The fourth-order valence-corrected chi connectivity index (χ4v) is 4.92. The Hall–Kier alpha value is -1.08. The summed E-state index contributed by atoms with van der Waals surface area (Å²) in [5.41, 5.74) is 5.19. The van der Waals surface area contributed by atoms with E-state index in [2.05, 4.69) is 58.4 Å². The van der Waals surface area contributed by atoms with Crippen molar-refractivity contribution in [3.8, 4) is 0 Å². The normalized spacial score (nSPS) is 11.1. The van der Waals surface area contributed by atoms with E-state index in [1.54, 1.807) is 34.9 Å². The van der Waals surface area contributed by atoms with Gasteiger partial charge in [0.15, 0.2) is 8.68 Å². The number of hydrogen-bond donors (Lipinski definition) is 1. The molecular formula is C15H16N3S3+. The molecule has 0 saturated heterocycles. The maximum Gasteiger partial charge on any atom is 0.175 e. The molecule has 1 aromatic heterocycles. The van der Waals surface area contributed by atoms with E-state index in [-0.39, 0.29) is 0 Å². The van der Waals surface area contributed by atoms with Crippen LogP contribution in [0.1, 0.15) is 5.56 Å². The van der Waals surface area contributed by atoms with Crippen LogP contribution in [0, 0.1) is 0 Å². The summed E-state index contributed by atoms with van der Waals surface area (Å²) in [6, 6.07) is 15.0. The maximum absolute atomic E-state index is 4.25. The molecule has 1 heterocycles. The molecule has 0 unspecified atom stereocenters. The number of quaternary nitrogens is 1. The van der Waals surface area contributed by atoms with Crippen molar-refractivity contribution in [3.63, 3.8) is 0 Å². The summed E-state index contributed by atoms with van der Waals surface area (Å²) >= 11 is 5.17. The van der Waals surface area contributed by atoms with Crippen molar-refractivity contribution in [3.05, 3.63) is 48.0 Å². The first kappa shape index (κ1) is 14.8. The lowest BCUT2D eigenvalue weighted by Gasteiger charge is -2.04. The van der Waals surface area contributed by atoms with Crippen LogP contribution in [-0.2, 0) is 5.75 Å². The molecule has 0 atom stereocenters. The molecular weight excluding hydrogens is 318 g/mol. The minimum Gasteiger partial charge on any atom is -0.357 e. The van der Waals surface area contributed by atoms with Gasteiger partial charge in [0, 0.05) is 11.5 Å². The molecule has 3 rings (SSSR count). The fourth-order valence-electron chi connectivity index (χ4n) is 2.03. The van der Waals surface area contributed by atoms with Gasteiger partial charge in [-0.1, -0.05) is 77.3 Å². The summed E-state index contributed by atoms with van der Waals surface area (Å²) in [6.07, 6.45) is 0. The lowest BCUT2D eigenvalue weighted by atomic mass is 10.1.